The molecule has 20 heavy (non-hydrogen) atoms. The topological polar surface area (TPSA) is 29.0 Å². The maximum Gasteiger partial charge on any atom is 0.127 e. The first-order valence-corrected chi connectivity index (χ1v) is 7.04. The first-order chi connectivity index (χ1) is 9.83. The van der Waals surface area contributed by atoms with Gasteiger partial charge in [-0.25, -0.2) is 4.39 Å². The Morgan fingerprint density at radius 3 is 2.95 bits per heavy atom. The van der Waals surface area contributed by atoms with Gasteiger partial charge >= 0.3 is 0 Å². The summed E-state index contributed by atoms with van der Waals surface area (Å²) in [5.41, 5.74) is 1.82. The van der Waals surface area contributed by atoms with E-state index in [-0.39, 0.29) is 5.82 Å². The molecule has 1 aromatic heterocycles. The molecular weight excluding hydrogens is 253 g/mol. The fourth-order valence-electron chi connectivity index (χ4n) is 2.83. The van der Waals surface area contributed by atoms with Gasteiger partial charge in [-0.05, 0) is 25.5 Å². The zero-order valence-corrected chi connectivity index (χ0v) is 11.4. The van der Waals surface area contributed by atoms with E-state index in [1.54, 1.807) is 18.5 Å². The molecule has 0 radical (unpaired) electrons. The fourth-order valence-corrected chi connectivity index (χ4v) is 2.83. The summed E-state index contributed by atoms with van der Waals surface area (Å²) in [6.45, 7) is 2.61. The third-order valence-electron chi connectivity index (χ3n) is 3.86. The lowest BCUT2D eigenvalue weighted by molar-refractivity contribution is 0.196. The molecule has 3 nitrogen and oxygen atoms in total. The van der Waals surface area contributed by atoms with Gasteiger partial charge in [-0.3, -0.25) is 14.9 Å². The average molecular weight is 271 g/mol. The van der Waals surface area contributed by atoms with Gasteiger partial charge in [0.2, 0.25) is 0 Å². The Hall–Kier alpha value is -1.81. The van der Waals surface area contributed by atoms with E-state index in [0.29, 0.717) is 12.5 Å². The van der Waals surface area contributed by atoms with Gasteiger partial charge in [-0.15, -0.1) is 0 Å². The molecule has 1 unspecified atom stereocenters. The van der Waals surface area contributed by atoms with Crippen LogP contribution in [0, 0.1) is 5.82 Å². The smallest absolute Gasteiger partial charge is 0.127 e. The van der Waals surface area contributed by atoms with E-state index >= 15 is 0 Å². The minimum absolute atomic E-state index is 0.117. The second-order valence-electron chi connectivity index (χ2n) is 5.30. The molecule has 3 rings (SSSR count). The summed E-state index contributed by atoms with van der Waals surface area (Å²) in [6, 6.07) is 7.01. The minimum Gasteiger partial charge on any atom is -0.298 e. The number of nitrogens with zero attached hydrogens (tertiary/aromatic N) is 3. The molecule has 1 aromatic carbocycles. The van der Waals surface area contributed by atoms with Gasteiger partial charge in [-0.1, -0.05) is 18.2 Å². The molecule has 1 aliphatic heterocycles. The van der Waals surface area contributed by atoms with Crippen molar-refractivity contribution in [2.45, 2.75) is 25.3 Å². The van der Waals surface area contributed by atoms with Crippen molar-refractivity contribution in [3.63, 3.8) is 0 Å². The lowest BCUT2D eigenvalue weighted by Gasteiger charge is -2.32. The van der Waals surface area contributed by atoms with Crippen molar-refractivity contribution >= 4 is 0 Å². The van der Waals surface area contributed by atoms with Crippen molar-refractivity contribution in [3.8, 4) is 0 Å². The summed E-state index contributed by atoms with van der Waals surface area (Å²) in [5, 5.41) is 0. The Morgan fingerprint density at radius 1 is 1.25 bits per heavy atom. The van der Waals surface area contributed by atoms with Crippen LogP contribution < -0.4 is 0 Å². The third-order valence-corrected chi connectivity index (χ3v) is 3.86. The highest BCUT2D eigenvalue weighted by atomic mass is 19.1. The molecule has 0 spiro atoms. The largest absolute Gasteiger partial charge is 0.298 e. The number of likely N-dealkylation sites (tertiary alicyclic amines) is 1. The molecule has 2 aromatic rings. The molecule has 0 amide bonds. The molecule has 0 aliphatic carbocycles. The first kappa shape index (κ1) is 13.2. The number of benzene rings is 1. The van der Waals surface area contributed by atoms with E-state index in [4.69, 9.17) is 0 Å². The van der Waals surface area contributed by atoms with Crippen LogP contribution in [0.25, 0.3) is 0 Å². The molecule has 0 bridgehead atoms. The van der Waals surface area contributed by atoms with E-state index in [0.717, 1.165) is 37.2 Å². The van der Waals surface area contributed by atoms with Crippen LogP contribution >= 0.6 is 0 Å². The predicted octanol–water partition coefficient (Wildman–Crippen LogP) is 3.00. The van der Waals surface area contributed by atoms with Gasteiger partial charge in [0, 0.05) is 43.2 Å². The average Bonchev–Trinajstić information content (AvgIpc) is 2.51. The molecule has 0 saturated carbocycles. The number of piperidine rings is 1. The van der Waals surface area contributed by atoms with Crippen LogP contribution in [-0.2, 0) is 6.54 Å². The van der Waals surface area contributed by atoms with Crippen LogP contribution in [0.2, 0.25) is 0 Å². The van der Waals surface area contributed by atoms with Crippen molar-refractivity contribution < 1.29 is 4.39 Å². The molecule has 1 fully saturated rings. The molecule has 104 valence electrons. The third kappa shape index (κ3) is 3.02. The summed E-state index contributed by atoms with van der Waals surface area (Å²) in [4.78, 5) is 10.8. The monoisotopic (exact) mass is 271 g/mol. The summed E-state index contributed by atoms with van der Waals surface area (Å²) >= 11 is 0. The van der Waals surface area contributed by atoms with Crippen LogP contribution in [0.15, 0.2) is 42.9 Å². The molecule has 0 N–H and O–H groups in total. The zero-order valence-electron chi connectivity index (χ0n) is 11.4. The number of halogens is 1. The zero-order chi connectivity index (χ0) is 13.8. The lowest BCUT2D eigenvalue weighted by atomic mass is 9.94. The van der Waals surface area contributed by atoms with E-state index < -0.39 is 0 Å². The van der Waals surface area contributed by atoms with Gasteiger partial charge in [0.15, 0.2) is 0 Å². The van der Waals surface area contributed by atoms with Crippen molar-refractivity contribution in [3.05, 3.63) is 59.9 Å². The Bertz CT molecular complexity index is 559. The maximum absolute atomic E-state index is 13.7. The molecular formula is C16H18FN3. The number of hydrogen-bond donors (Lipinski definition) is 0. The van der Waals surface area contributed by atoms with E-state index in [9.17, 15) is 4.39 Å². The maximum atomic E-state index is 13.7. The first-order valence-electron chi connectivity index (χ1n) is 7.04. The van der Waals surface area contributed by atoms with Crippen molar-refractivity contribution in [1.82, 2.24) is 14.9 Å². The summed E-state index contributed by atoms with van der Waals surface area (Å²) in [7, 11) is 0. The second kappa shape index (κ2) is 6.09. The summed E-state index contributed by atoms with van der Waals surface area (Å²) in [5.74, 6) is 0.290. The van der Waals surface area contributed by atoms with Crippen LogP contribution in [0.4, 0.5) is 4.39 Å². The van der Waals surface area contributed by atoms with Gasteiger partial charge < -0.3 is 0 Å². The van der Waals surface area contributed by atoms with E-state index in [1.807, 2.05) is 18.3 Å². The highest BCUT2D eigenvalue weighted by Gasteiger charge is 2.22. The molecule has 1 atom stereocenters. The quantitative estimate of drug-likeness (QED) is 0.859. The standard InChI is InChI=1S/C16H18FN3/c17-15-6-2-1-4-13(15)11-20-9-3-5-14(12-20)16-10-18-7-8-19-16/h1-2,4,6-8,10,14H,3,5,9,11-12H2. The highest BCUT2D eigenvalue weighted by Crippen LogP contribution is 2.26. The van der Waals surface area contributed by atoms with Crippen LogP contribution in [0.5, 0.6) is 0 Å². The van der Waals surface area contributed by atoms with Crippen LogP contribution in [0.1, 0.15) is 30.0 Å². The van der Waals surface area contributed by atoms with Gasteiger partial charge in [-0.2, -0.15) is 0 Å². The Balaban J connectivity index is 1.68. The van der Waals surface area contributed by atoms with Gasteiger partial charge in [0.1, 0.15) is 5.82 Å². The Kier molecular flexibility index (Phi) is 4.02. The van der Waals surface area contributed by atoms with Crippen molar-refractivity contribution in [2.24, 2.45) is 0 Å². The van der Waals surface area contributed by atoms with Crippen molar-refractivity contribution in [2.75, 3.05) is 13.1 Å². The van der Waals surface area contributed by atoms with Gasteiger partial charge in [0.05, 0.1) is 5.69 Å². The van der Waals surface area contributed by atoms with E-state index in [1.165, 1.54) is 6.07 Å². The van der Waals surface area contributed by atoms with Crippen LogP contribution in [-0.4, -0.2) is 28.0 Å². The predicted molar refractivity (Wildman–Crippen MR) is 75.7 cm³/mol. The summed E-state index contributed by atoms with van der Waals surface area (Å²) in [6.07, 6.45) is 7.54. The summed E-state index contributed by atoms with van der Waals surface area (Å²) < 4.78 is 13.7. The Labute approximate surface area is 118 Å². The number of hydrogen-bond acceptors (Lipinski definition) is 3. The fraction of sp³-hybridized carbons (Fsp3) is 0.375. The van der Waals surface area contributed by atoms with Gasteiger partial charge in [0.25, 0.3) is 0 Å². The van der Waals surface area contributed by atoms with Crippen LogP contribution in [0.3, 0.4) is 0 Å². The number of rotatable bonds is 3. The van der Waals surface area contributed by atoms with E-state index in [2.05, 4.69) is 14.9 Å². The normalized spacial score (nSPS) is 19.9. The molecule has 1 saturated heterocycles. The Morgan fingerprint density at radius 2 is 2.15 bits per heavy atom. The molecule has 1 aliphatic rings. The second-order valence-corrected chi connectivity index (χ2v) is 5.30. The lowest BCUT2D eigenvalue weighted by Crippen LogP contribution is -2.34. The number of aromatic nitrogens is 2. The highest BCUT2D eigenvalue weighted by molar-refractivity contribution is 5.17. The molecule has 2 heterocycles. The molecule has 4 heteroatoms. The SMILES string of the molecule is Fc1ccccc1CN1CCCC(c2cnccn2)C1. The van der Waals surface area contributed by atoms with Crippen molar-refractivity contribution in [1.29, 1.82) is 0 Å². The minimum atomic E-state index is -0.117.